The fourth-order valence-electron chi connectivity index (χ4n) is 5.43. The molecule has 5 rings (SSSR count). The Morgan fingerprint density at radius 2 is 1.16 bits per heavy atom. The quantitative estimate of drug-likeness (QED) is 0.357. The van der Waals surface area contributed by atoms with Crippen molar-refractivity contribution in [2.24, 2.45) is 5.41 Å². The lowest BCUT2D eigenvalue weighted by molar-refractivity contribution is -0.110. The zero-order valence-electron chi connectivity index (χ0n) is 23.7. The van der Waals surface area contributed by atoms with E-state index < -0.39 is 0 Å². The van der Waals surface area contributed by atoms with Crippen LogP contribution in [0.4, 0.5) is 0 Å². The lowest BCUT2D eigenvalue weighted by atomic mass is 9.73. The van der Waals surface area contributed by atoms with Crippen molar-refractivity contribution in [3.8, 4) is 22.6 Å². The molecule has 0 aromatic heterocycles. The first-order valence-electron chi connectivity index (χ1n) is 13.1. The number of fused-ring (bicyclic) bond motifs is 3. The van der Waals surface area contributed by atoms with Crippen molar-refractivity contribution in [1.82, 2.24) is 0 Å². The molecule has 0 saturated carbocycles. The van der Waals surface area contributed by atoms with Crippen LogP contribution in [0.15, 0.2) is 77.9 Å². The highest BCUT2D eigenvalue weighted by atomic mass is 16.5. The molecule has 0 fully saturated rings. The van der Waals surface area contributed by atoms with Gasteiger partial charge >= 0.3 is 0 Å². The summed E-state index contributed by atoms with van der Waals surface area (Å²) in [5.74, 6) is 1.69. The van der Waals surface area contributed by atoms with Gasteiger partial charge in [-0.3, -0.25) is 4.79 Å². The largest absolute Gasteiger partial charge is 0.497 e. The Hall–Kier alpha value is -3.85. The molecule has 194 valence electrons. The normalized spacial score (nSPS) is 15.1. The van der Waals surface area contributed by atoms with Crippen molar-refractivity contribution >= 4 is 23.0 Å². The fourth-order valence-corrected chi connectivity index (χ4v) is 5.43. The fraction of sp³-hybridized carbons (Fsp3) is 0.286. The van der Waals surface area contributed by atoms with Crippen LogP contribution in [0, 0.1) is 5.41 Å². The standard InChI is InChI=1S/C35H36O3/c1-34(2,3)30-19-26-23(17-27(30)21-9-13-24(37-7)14-10-21)18-29-28(26)20-31(35(4,5)6)32(33(29)36)22-11-15-25(38-8)16-12-22/h9-20H,1-8H3. The summed E-state index contributed by atoms with van der Waals surface area (Å²) < 4.78 is 10.7. The molecule has 0 bridgehead atoms. The topological polar surface area (TPSA) is 35.5 Å². The van der Waals surface area contributed by atoms with E-state index in [1.54, 1.807) is 14.2 Å². The predicted octanol–water partition coefficient (Wildman–Crippen LogP) is 8.53. The summed E-state index contributed by atoms with van der Waals surface area (Å²) in [4.78, 5) is 14.2. The summed E-state index contributed by atoms with van der Waals surface area (Å²) in [6, 6.07) is 20.6. The van der Waals surface area contributed by atoms with Crippen molar-refractivity contribution < 1.29 is 14.3 Å². The number of carbonyl (C=O) groups excluding carboxylic acids is 1. The average molecular weight is 505 g/mol. The van der Waals surface area contributed by atoms with Crippen LogP contribution in [0.2, 0.25) is 0 Å². The molecule has 0 unspecified atom stereocenters. The van der Waals surface area contributed by atoms with Crippen LogP contribution in [-0.4, -0.2) is 20.0 Å². The number of methoxy groups -OCH3 is 2. The summed E-state index contributed by atoms with van der Waals surface area (Å²) in [6.07, 6.45) is 4.32. The van der Waals surface area contributed by atoms with Gasteiger partial charge in [0.1, 0.15) is 11.5 Å². The number of hydrogen-bond acceptors (Lipinski definition) is 3. The van der Waals surface area contributed by atoms with Gasteiger partial charge in [-0.15, -0.1) is 0 Å². The van der Waals surface area contributed by atoms with Gasteiger partial charge in [0.05, 0.1) is 14.2 Å². The summed E-state index contributed by atoms with van der Waals surface area (Å²) >= 11 is 0. The summed E-state index contributed by atoms with van der Waals surface area (Å²) in [6.45, 7) is 13.3. The van der Waals surface area contributed by atoms with E-state index in [9.17, 15) is 4.79 Å². The molecule has 0 atom stereocenters. The van der Waals surface area contributed by atoms with Gasteiger partial charge in [0.15, 0.2) is 5.78 Å². The molecule has 3 aromatic carbocycles. The van der Waals surface area contributed by atoms with Gasteiger partial charge in [-0.05, 0) is 104 Å². The Balaban J connectivity index is 1.71. The molecule has 0 radical (unpaired) electrons. The van der Waals surface area contributed by atoms with Gasteiger partial charge in [0.2, 0.25) is 0 Å². The minimum Gasteiger partial charge on any atom is -0.497 e. The minimum absolute atomic E-state index is 0.0801. The number of ketones is 1. The molecular formula is C35H36O3. The second kappa shape index (κ2) is 9.16. The van der Waals surface area contributed by atoms with E-state index in [2.05, 4.69) is 78.0 Å². The van der Waals surface area contributed by atoms with Gasteiger partial charge in [-0.1, -0.05) is 65.8 Å². The highest BCUT2D eigenvalue weighted by Crippen LogP contribution is 2.49. The number of rotatable bonds is 4. The van der Waals surface area contributed by atoms with E-state index in [0.717, 1.165) is 56.0 Å². The van der Waals surface area contributed by atoms with E-state index >= 15 is 0 Å². The number of carbonyl (C=O) groups is 1. The summed E-state index contributed by atoms with van der Waals surface area (Å²) in [5, 5.41) is 0. The monoisotopic (exact) mass is 504 g/mol. The molecule has 3 nitrogen and oxygen atoms in total. The Bertz CT molecular complexity index is 1510. The maximum absolute atomic E-state index is 14.2. The second-order valence-electron chi connectivity index (χ2n) is 12.2. The lowest BCUT2D eigenvalue weighted by Crippen LogP contribution is -2.20. The van der Waals surface area contributed by atoms with E-state index in [4.69, 9.17) is 9.47 Å². The van der Waals surface area contributed by atoms with Gasteiger partial charge in [-0.25, -0.2) is 0 Å². The molecule has 0 aliphatic heterocycles. The summed E-state index contributed by atoms with van der Waals surface area (Å²) in [7, 11) is 3.34. The van der Waals surface area contributed by atoms with Gasteiger partial charge < -0.3 is 9.47 Å². The predicted molar refractivity (Wildman–Crippen MR) is 157 cm³/mol. The highest BCUT2D eigenvalue weighted by Gasteiger charge is 2.36. The van der Waals surface area contributed by atoms with Crippen molar-refractivity contribution in [3.63, 3.8) is 0 Å². The maximum Gasteiger partial charge on any atom is 0.194 e. The molecular weight excluding hydrogens is 468 g/mol. The van der Waals surface area contributed by atoms with E-state index in [0.29, 0.717) is 0 Å². The number of hydrogen-bond donors (Lipinski definition) is 0. The lowest BCUT2D eigenvalue weighted by Gasteiger charge is -2.29. The van der Waals surface area contributed by atoms with Gasteiger partial charge in [-0.2, -0.15) is 0 Å². The molecule has 0 saturated heterocycles. The van der Waals surface area contributed by atoms with Crippen molar-refractivity contribution in [1.29, 1.82) is 0 Å². The number of Topliss-reactive ketones (excluding diaryl/α,β-unsaturated/α-hetero) is 1. The second-order valence-corrected chi connectivity index (χ2v) is 12.2. The average Bonchev–Trinajstić information content (AvgIpc) is 3.25. The van der Waals surface area contributed by atoms with E-state index in [-0.39, 0.29) is 16.6 Å². The third-order valence-corrected chi connectivity index (χ3v) is 7.50. The molecule has 3 aromatic rings. The van der Waals surface area contributed by atoms with Crippen LogP contribution >= 0.6 is 0 Å². The van der Waals surface area contributed by atoms with Crippen molar-refractivity contribution in [3.05, 3.63) is 100 Å². The van der Waals surface area contributed by atoms with Gasteiger partial charge in [0.25, 0.3) is 0 Å². The van der Waals surface area contributed by atoms with Crippen molar-refractivity contribution in [2.45, 2.75) is 47.0 Å². The Kier molecular flexibility index (Phi) is 6.22. The SMILES string of the molecule is COc1ccc(C2=C(C(C)(C)C)C=C3C(=Cc4cc(-c5ccc(OC)cc5)c(C(C)(C)C)cc43)C2=O)cc1. The van der Waals surface area contributed by atoms with E-state index in [1.807, 2.05) is 36.4 Å². The molecule has 2 aliphatic carbocycles. The highest BCUT2D eigenvalue weighted by molar-refractivity contribution is 6.39. The van der Waals surface area contributed by atoms with Crippen LogP contribution in [0.1, 0.15) is 63.8 Å². The van der Waals surface area contributed by atoms with E-state index in [1.165, 1.54) is 11.1 Å². The third kappa shape index (κ3) is 4.41. The zero-order chi connectivity index (χ0) is 27.4. The first-order valence-corrected chi connectivity index (χ1v) is 13.1. The zero-order valence-corrected chi connectivity index (χ0v) is 23.7. The number of ether oxygens (including phenoxy) is 2. The van der Waals surface area contributed by atoms with Crippen LogP contribution in [0.3, 0.4) is 0 Å². The Morgan fingerprint density at radius 3 is 1.66 bits per heavy atom. The first kappa shape index (κ1) is 25.8. The number of benzene rings is 3. The molecule has 3 heteroatoms. The molecule has 0 heterocycles. The van der Waals surface area contributed by atoms with Crippen LogP contribution in [0.25, 0.3) is 28.3 Å². The minimum atomic E-state index is -0.206. The molecule has 0 amide bonds. The Labute approximate surface area is 226 Å². The molecule has 0 N–H and O–H groups in total. The molecule has 2 aliphatic rings. The third-order valence-electron chi connectivity index (χ3n) is 7.50. The number of allylic oxidation sites excluding steroid dienone is 5. The molecule has 38 heavy (non-hydrogen) atoms. The van der Waals surface area contributed by atoms with Gasteiger partial charge in [0, 0.05) is 11.1 Å². The van der Waals surface area contributed by atoms with Crippen LogP contribution in [-0.2, 0) is 10.2 Å². The van der Waals surface area contributed by atoms with Crippen LogP contribution in [0.5, 0.6) is 11.5 Å². The molecule has 0 spiro atoms. The van der Waals surface area contributed by atoms with Crippen molar-refractivity contribution in [2.75, 3.05) is 14.2 Å². The Morgan fingerprint density at radius 1 is 0.605 bits per heavy atom. The summed E-state index contributed by atoms with van der Waals surface area (Å²) in [5.41, 5.74) is 10.1. The smallest absolute Gasteiger partial charge is 0.194 e. The maximum atomic E-state index is 14.2. The van der Waals surface area contributed by atoms with Crippen LogP contribution < -0.4 is 9.47 Å². The first-order chi connectivity index (χ1) is 17.9.